The molecule has 4 heteroatoms. The lowest BCUT2D eigenvalue weighted by atomic mass is 9.47. The monoisotopic (exact) mass is 341 g/mol. The highest BCUT2D eigenvalue weighted by molar-refractivity contribution is 5.97. The molecule has 1 aromatic carbocycles. The highest BCUT2D eigenvalue weighted by Crippen LogP contribution is 2.61. The van der Waals surface area contributed by atoms with Gasteiger partial charge in [-0.3, -0.25) is 4.79 Å². The molecule has 134 valence electrons. The molecule has 4 bridgehead atoms. The SMILES string of the molecule is COC(=O)[C@@H](NC(=O)c1ccc(C)cc1)C12CC3CC(CC(C3)C1)C2. The molecule has 1 aromatic rings. The summed E-state index contributed by atoms with van der Waals surface area (Å²) in [5.74, 6) is 1.69. The Morgan fingerprint density at radius 1 is 1.04 bits per heavy atom. The van der Waals surface area contributed by atoms with Gasteiger partial charge in [-0.2, -0.15) is 0 Å². The van der Waals surface area contributed by atoms with Crippen molar-refractivity contribution in [3.63, 3.8) is 0 Å². The largest absolute Gasteiger partial charge is 0.467 e. The molecular formula is C21H27NO3. The normalized spacial score (nSPS) is 33.8. The van der Waals surface area contributed by atoms with Crippen LogP contribution < -0.4 is 5.32 Å². The Labute approximate surface area is 149 Å². The van der Waals surface area contributed by atoms with Gasteiger partial charge in [0, 0.05) is 11.0 Å². The van der Waals surface area contributed by atoms with Gasteiger partial charge < -0.3 is 10.1 Å². The topological polar surface area (TPSA) is 55.4 Å². The van der Waals surface area contributed by atoms with E-state index in [1.54, 1.807) is 0 Å². The number of methoxy groups -OCH3 is 1. The summed E-state index contributed by atoms with van der Waals surface area (Å²) in [6, 6.07) is 6.96. The first-order valence-electron chi connectivity index (χ1n) is 9.44. The van der Waals surface area contributed by atoms with E-state index in [0.717, 1.165) is 42.6 Å². The summed E-state index contributed by atoms with van der Waals surface area (Å²) >= 11 is 0. The van der Waals surface area contributed by atoms with Crippen LogP contribution in [0.1, 0.15) is 54.4 Å². The van der Waals surface area contributed by atoms with Crippen molar-refractivity contribution in [2.75, 3.05) is 7.11 Å². The fraction of sp³-hybridized carbons (Fsp3) is 0.619. The van der Waals surface area contributed by atoms with Crippen molar-refractivity contribution >= 4 is 11.9 Å². The summed E-state index contributed by atoms with van der Waals surface area (Å²) in [5.41, 5.74) is 1.61. The fourth-order valence-electron chi connectivity index (χ4n) is 6.03. The number of benzene rings is 1. The van der Waals surface area contributed by atoms with Gasteiger partial charge in [0.25, 0.3) is 5.91 Å². The molecule has 4 nitrogen and oxygen atoms in total. The first-order chi connectivity index (χ1) is 12.0. The fourth-order valence-corrected chi connectivity index (χ4v) is 6.03. The van der Waals surface area contributed by atoms with Gasteiger partial charge in [-0.25, -0.2) is 4.79 Å². The lowest BCUT2D eigenvalue weighted by Gasteiger charge is -2.58. The quantitative estimate of drug-likeness (QED) is 0.853. The minimum Gasteiger partial charge on any atom is -0.467 e. The molecular weight excluding hydrogens is 314 g/mol. The lowest BCUT2D eigenvalue weighted by molar-refractivity contribution is -0.154. The number of aryl methyl sites for hydroxylation is 1. The molecule has 4 aliphatic rings. The third kappa shape index (κ3) is 2.96. The van der Waals surface area contributed by atoms with Gasteiger partial charge in [0.05, 0.1) is 7.11 Å². The zero-order valence-corrected chi connectivity index (χ0v) is 15.1. The Morgan fingerprint density at radius 3 is 2.04 bits per heavy atom. The van der Waals surface area contributed by atoms with Crippen LogP contribution in [0.15, 0.2) is 24.3 Å². The van der Waals surface area contributed by atoms with Crippen molar-refractivity contribution in [1.29, 1.82) is 0 Å². The number of hydrogen-bond acceptors (Lipinski definition) is 3. The predicted octanol–water partition coefficient (Wildman–Crippen LogP) is 3.48. The smallest absolute Gasteiger partial charge is 0.328 e. The van der Waals surface area contributed by atoms with Gasteiger partial charge in [-0.05, 0) is 75.3 Å². The number of rotatable bonds is 4. The average Bonchev–Trinajstić information content (AvgIpc) is 2.58. The maximum atomic E-state index is 12.8. The molecule has 1 atom stereocenters. The van der Waals surface area contributed by atoms with Crippen LogP contribution >= 0.6 is 0 Å². The number of ether oxygens (including phenoxy) is 1. The van der Waals surface area contributed by atoms with E-state index in [9.17, 15) is 9.59 Å². The van der Waals surface area contributed by atoms with Gasteiger partial charge in [-0.15, -0.1) is 0 Å². The van der Waals surface area contributed by atoms with Crippen LogP contribution in [0.3, 0.4) is 0 Å². The molecule has 0 unspecified atom stereocenters. The van der Waals surface area contributed by atoms with E-state index in [1.807, 2.05) is 31.2 Å². The highest BCUT2D eigenvalue weighted by Gasteiger charge is 2.56. The van der Waals surface area contributed by atoms with Crippen LogP contribution in [-0.4, -0.2) is 25.0 Å². The third-order valence-corrected chi connectivity index (χ3v) is 6.72. The Balaban J connectivity index is 1.59. The summed E-state index contributed by atoms with van der Waals surface area (Å²) in [6.45, 7) is 1.99. The molecule has 0 spiro atoms. The van der Waals surface area contributed by atoms with Crippen molar-refractivity contribution in [3.8, 4) is 0 Å². The molecule has 25 heavy (non-hydrogen) atoms. The first kappa shape index (κ1) is 16.6. The van der Waals surface area contributed by atoms with E-state index in [1.165, 1.54) is 26.4 Å². The van der Waals surface area contributed by atoms with Gasteiger partial charge in [0.15, 0.2) is 0 Å². The number of hydrogen-bond donors (Lipinski definition) is 1. The summed E-state index contributed by atoms with van der Waals surface area (Å²) in [7, 11) is 1.42. The van der Waals surface area contributed by atoms with Crippen LogP contribution in [0.4, 0.5) is 0 Å². The summed E-state index contributed by atoms with van der Waals surface area (Å²) < 4.78 is 5.10. The van der Waals surface area contributed by atoms with Gasteiger partial charge in [0.1, 0.15) is 6.04 Å². The molecule has 1 amide bonds. The van der Waals surface area contributed by atoms with Crippen molar-refractivity contribution < 1.29 is 14.3 Å². The number of esters is 1. The zero-order chi connectivity index (χ0) is 17.6. The molecule has 0 aromatic heterocycles. The van der Waals surface area contributed by atoms with Crippen molar-refractivity contribution in [2.45, 2.75) is 51.5 Å². The predicted molar refractivity (Wildman–Crippen MR) is 95.1 cm³/mol. The van der Waals surface area contributed by atoms with E-state index in [2.05, 4.69) is 5.32 Å². The highest BCUT2D eigenvalue weighted by atomic mass is 16.5. The van der Waals surface area contributed by atoms with Crippen LogP contribution in [0.25, 0.3) is 0 Å². The third-order valence-electron chi connectivity index (χ3n) is 6.72. The maximum absolute atomic E-state index is 12.8. The molecule has 1 N–H and O–H groups in total. The molecule has 0 aliphatic heterocycles. The van der Waals surface area contributed by atoms with Crippen LogP contribution in [-0.2, 0) is 9.53 Å². The Morgan fingerprint density at radius 2 is 1.56 bits per heavy atom. The molecule has 0 heterocycles. The van der Waals surface area contributed by atoms with E-state index in [-0.39, 0.29) is 17.3 Å². The second-order valence-electron chi connectivity index (χ2n) is 8.58. The second kappa shape index (κ2) is 6.15. The summed E-state index contributed by atoms with van der Waals surface area (Å²) in [6.07, 6.45) is 7.06. The van der Waals surface area contributed by atoms with E-state index in [4.69, 9.17) is 4.74 Å². The van der Waals surface area contributed by atoms with Crippen molar-refractivity contribution in [1.82, 2.24) is 5.32 Å². The molecule has 4 aliphatic carbocycles. The number of amides is 1. The van der Waals surface area contributed by atoms with Gasteiger partial charge in [0.2, 0.25) is 0 Å². The standard InChI is InChI=1S/C21H27NO3/c1-13-3-5-17(6-4-13)19(23)22-18(20(24)25-2)21-10-14-7-15(11-21)9-16(8-14)12-21/h3-6,14-16,18H,7-12H2,1-2H3,(H,22,23)/t14?,15?,16?,18-,21?/m1/s1. The number of carbonyl (C=O) groups excluding carboxylic acids is 2. The molecule has 0 saturated heterocycles. The first-order valence-corrected chi connectivity index (χ1v) is 9.44. The minimum absolute atomic E-state index is 0.109. The Bertz CT molecular complexity index is 644. The lowest BCUT2D eigenvalue weighted by Crippen LogP contribution is -2.60. The maximum Gasteiger partial charge on any atom is 0.328 e. The zero-order valence-electron chi connectivity index (χ0n) is 15.1. The van der Waals surface area contributed by atoms with Crippen LogP contribution in [0.5, 0.6) is 0 Å². The number of carbonyl (C=O) groups is 2. The summed E-state index contributed by atoms with van der Waals surface area (Å²) in [5, 5.41) is 3.05. The second-order valence-corrected chi connectivity index (χ2v) is 8.58. The van der Waals surface area contributed by atoms with Gasteiger partial charge >= 0.3 is 5.97 Å². The van der Waals surface area contributed by atoms with Gasteiger partial charge in [-0.1, -0.05) is 17.7 Å². The van der Waals surface area contributed by atoms with E-state index < -0.39 is 6.04 Å². The van der Waals surface area contributed by atoms with E-state index >= 15 is 0 Å². The minimum atomic E-state index is -0.528. The molecule has 4 fully saturated rings. The number of nitrogens with one attached hydrogen (secondary N) is 1. The summed E-state index contributed by atoms with van der Waals surface area (Å²) in [4.78, 5) is 25.4. The Kier molecular flexibility index (Phi) is 4.09. The van der Waals surface area contributed by atoms with Crippen molar-refractivity contribution in [2.24, 2.45) is 23.2 Å². The molecule has 4 saturated carbocycles. The van der Waals surface area contributed by atoms with Crippen molar-refractivity contribution in [3.05, 3.63) is 35.4 Å². The van der Waals surface area contributed by atoms with E-state index in [0.29, 0.717) is 5.56 Å². The van der Waals surface area contributed by atoms with Crippen LogP contribution in [0.2, 0.25) is 0 Å². The molecule has 0 radical (unpaired) electrons. The van der Waals surface area contributed by atoms with Crippen LogP contribution in [0, 0.1) is 30.1 Å². The average molecular weight is 341 g/mol. The molecule has 5 rings (SSSR count). The Hall–Kier alpha value is -1.84.